The van der Waals surface area contributed by atoms with Crippen molar-refractivity contribution >= 4 is 6.09 Å². The smallest absolute Gasteiger partial charge is 0.410 e. The van der Waals surface area contributed by atoms with Gasteiger partial charge in [-0.05, 0) is 39.2 Å². The molecular formula is C18H27NO4. The predicted octanol–water partition coefficient (Wildman–Crippen LogP) is 2.96. The molecule has 1 saturated heterocycles. The summed E-state index contributed by atoms with van der Waals surface area (Å²) in [5, 5.41) is 10.3. The van der Waals surface area contributed by atoms with Gasteiger partial charge in [0, 0.05) is 6.54 Å². The van der Waals surface area contributed by atoms with Gasteiger partial charge in [-0.25, -0.2) is 4.79 Å². The fourth-order valence-corrected chi connectivity index (χ4v) is 2.66. The lowest BCUT2D eigenvalue weighted by Crippen LogP contribution is -2.54. The monoisotopic (exact) mass is 321 g/mol. The van der Waals surface area contributed by atoms with Crippen LogP contribution in [0.2, 0.25) is 0 Å². The van der Waals surface area contributed by atoms with Crippen molar-refractivity contribution in [3.8, 4) is 0 Å². The van der Waals surface area contributed by atoms with E-state index in [1.54, 1.807) is 4.90 Å². The third-order valence-corrected chi connectivity index (χ3v) is 3.77. The van der Waals surface area contributed by atoms with Crippen LogP contribution in [0.15, 0.2) is 30.3 Å². The van der Waals surface area contributed by atoms with Gasteiger partial charge in [0.15, 0.2) is 0 Å². The SMILES string of the molecule is CC(C)(C)OC(=O)N1CCC[C@H](O)[C@H]1COCc1ccccc1. The van der Waals surface area contributed by atoms with Crippen molar-refractivity contribution < 1.29 is 19.4 Å². The number of piperidine rings is 1. The number of ether oxygens (including phenoxy) is 2. The fraction of sp³-hybridized carbons (Fsp3) is 0.611. The first-order valence-corrected chi connectivity index (χ1v) is 8.16. The lowest BCUT2D eigenvalue weighted by Gasteiger charge is -2.39. The number of likely N-dealkylation sites (tertiary alicyclic amines) is 1. The molecule has 1 aromatic carbocycles. The maximum atomic E-state index is 12.3. The van der Waals surface area contributed by atoms with Gasteiger partial charge in [0.25, 0.3) is 0 Å². The molecule has 23 heavy (non-hydrogen) atoms. The van der Waals surface area contributed by atoms with Gasteiger partial charge in [-0.1, -0.05) is 30.3 Å². The van der Waals surface area contributed by atoms with Crippen LogP contribution in [0.5, 0.6) is 0 Å². The van der Waals surface area contributed by atoms with Crippen molar-refractivity contribution in [2.24, 2.45) is 0 Å². The Morgan fingerprint density at radius 3 is 2.65 bits per heavy atom. The van der Waals surface area contributed by atoms with Gasteiger partial charge in [-0.3, -0.25) is 0 Å². The zero-order valence-electron chi connectivity index (χ0n) is 14.2. The molecule has 1 aliphatic rings. The molecule has 5 nitrogen and oxygen atoms in total. The van der Waals surface area contributed by atoms with Gasteiger partial charge in [-0.2, -0.15) is 0 Å². The summed E-state index contributed by atoms with van der Waals surface area (Å²) >= 11 is 0. The highest BCUT2D eigenvalue weighted by Crippen LogP contribution is 2.21. The lowest BCUT2D eigenvalue weighted by molar-refractivity contribution is -0.0516. The minimum Gasteiger partial charge on any atom is -0.444 e. The van der Waals surface area contributed by atoms with Crippen molar-refractivity contribution in [3.63, 3.8) is 0 Å². The van der Waals surface area contributed by atoms with E-state index in [4.69, 9.17) is 9.47 Å². The van der Waals surface area contributed by atoms with Crippen molar-refractivity contribution in [3.05, 3.63) is 35.9 Å². The maximum absolute atomic E-state index is 12.3. The molecule has 0 saturated carbocycles. The minimum absolute atomic E-state index is 0.301. The first-order valence-electron chi connectivity index (χ1n) is 8.16. The molecule has 1 heterocycles. The Hall–Kier alpha value is -1.59. The van der Waals surface area contributed by atoms with Crippen molar-refractivity contribution in [2.45, 2.75) is 58.0 Å². The number of nitrogens with zero attached hydrogens (tertiary/aromatic N) is 1. The summed E-state index contributed by atoms with van der Waals surface area (Å²) in [6.07, 6.45) is 0.491. The predicted molar refractivity (Wildman–Crippen MR) is 88.1 cm³/mol. The van der Waals surface area contributed by atoms with Crippen LogP contribution in [-0.2, 0) is 16.1 Å². The van der Waals surface area contributed by atoms with Gasteiger partial charge < -0.3 is 19.5 Å². The van der Waals surface area contributed by atoms with Crippen LogP contribution in [0.4, 0.5) is 4.79 Å². The molecule has 128 valence electrons. The number of benzene rings is 1. The highest BCUT2D eigenvalue weighted by atomic mass is 16.6. The van der Waals surface area contributed by atoms with E-state index in [9.17, 15) is 9.90 Å². The zero-order chi connectivity index (χ0) is 16.9. The summed E-state index contributed by atoms with van der Waals surface area (Å²) in [4.78, 5) is 13.9. The van der Waals surface area contributed by atoms with Gasteiger partial charge in [0.05, 0.1) is 25.4 Å². The molecular weight excluding hydrogens is 294 g/mol. The van der Waals surface area contributed by atoms with E-state index in [2.05, 4.69) is 0 Å². The van der Waals surface area contributed by atoms with Gasteiger partial charge in [-0.15, -0.1) is 0 Å². The largest absolute Gasteiger partial charge is 0.444 e. The first-order chi connectivity index (χ1) is 10.9. The van der Waals surface area contributed by atoms with Crippen molar-refractivity contribution in [1.82, 2.24) is 4.90 Å². The van der Waals surface area contributed by atoms with E-state index in [0.29, 0.717) is 26.2 Å². The quantitative estimate of drug-likeness (QED) is 0.926. The molecule has 2 atom stereocenters. The normalized spacial score (nSPS) is 22.0. The Balaban J connectivity index is 1.93. The number of amides is 1. The summed E-state index contributed by atoms with van der Waals surface area (Å²) in [6, 6.07) is 9.49. The highest BCUT2D eigenvalue weighted by Gasteiger charge is 2.35. The molecule has 5 heteroatoms. The van der Waals surface area contributed by atoms with Crippen LogP contribution < -0.4 is 0 Å². The summed E-state index contributed by atoms with van der Waals surface area (Å²) in [5.41, 5.74) is 0.524. The molecule has 0 radical (unpaired) electrons. The summed E-state index contributed by atoms with van der Waals surface area (Å²) in [7, 11) is 0. The second-order valence-corrected chi connectivity index (χ2v) is 6.95. The topological polar surface area (TPSA) is 59.0 Å². The Labute approximate surface area is 138 Å². The van der Waals surface area contributed by atoms with E-state index in [1.807, 2.05) is 51.1 Å². The maximum Gasteiger partial charge on any atom is 0.410 e. The summed E-state index contributed by atoms with van der Waals surface area (Å²) in [6.45, 7) is 6.87. The number of aliphatic hydroxyl groups is 1. The van der Waals surface area contributed by atoms with Crippen LogP contribution in [0, 0.1) is 0 Å². The molecule has 0 unspecified atom stereocenters. The second kappa shape index (κ2) is 7.79. The van der Waals surface area contributed by atoms with Gasteiger partial charge in [0.2, 0.25) is 0 Å². The van der Waals surface area contributed by atoms with Crippen LogP contribution in [0.3, 0.4) is 0 Å². The molecule has 0 aromatic heterocycles. The average Bonchev–Trinajstić information content (AvgIpc) is 2.48. The highest BCUT2D eigenvalue weighted by molar-refractivity contribution is 5.68. The van der Waals surface area contributed by atoms with E-state index < -0.39 is 11.7 Å². The fourth-order valence-electron chi connectivity index (χ4n) is 2.66. The number of carbonyl (C=O) groups is 1. The summed E-state index contributed by atoms with van der Waals surface area (Å²) in [5.74, 6) is 0. The third-order valence-electron chi connectivity index (χ3n) is 3.77. The Morgan fingerprint density at radius 1 is 1.30 bits per heavy atom. The van der Waals surface area contributed by atoms with Crippen LogP contribution in [-0.4, -0.2) is 47.0 Å². The van der Waals surface area contributed by atoms with E-state index in [-0.39, 0.29) is 12.1 Å². The van der Waals surface area contributed by atoms with E-state index in [0.717, 1.165) is 12.0 Å². The van der Waals surface area contributed by atoms with Crippen molar-refractivity contribution in [2.75, 3.05) is 13.2 Å². The number of carbonyl (C=O) groups excluding carboxylic acids is 1. The van der Waals surface area contributed by atoms with E-state index in [1.165, 1.54) is 0 Å². The van der Waals surface area contributed by atoms with E-state index >= 15 is 0 Å². The molecule has 0 spiro atoms. The first kappa shape index (κ1) is 17.8. The number of hydrogen-bond donors (Lipinski definition) is 1. The lowest BCUT2D eigenvalue weighted by atomic mass is 10.00. The Kier molecular flexibility index (Phi) is 6.02. The number of rotatable bonds is 4. The molecule has 0 bridgehead atoms. The summed E-state index contributed by atoms with van der Waals surface area (Å²) < 4.78 is 11.2. The van der Waals surface area contributed by atoms with Crippen molar-refractivity contribution in [1.29, 1.82) is 0 Å². The molecule has 1 aliphatic heterocycles. The number of aliphatic hydroxyl groups excluding tert-OH is 1. The van der Waals surface area contributed by atoms with Crippen LogP contribution >= 0.6 is 0 Å². The van der Waals surface area contributed by atoms with Gasteiger partial charge in [0.1, 0.15) is 5.60 Å². The average molecular weight is 321 g/mol. The molecule has 1 amide bonds. The number of hydrogen-bond acceptors (Lipinski definition) is 4. The Morgan fingerprint density at radius 2 is 2.00 bits per heavy atom. The molecule has 1 fully saturated rings. The molecule has 0 aliphatic carbocycles. The third kappa shape index (κ3) is 5.52. The van der Waals surface area contributed by atoms with Gasteiger partial charge >= 0.3 is 6.09 Å². The molecule has 1 N–H and O–H groups in total. The standard InChI is InChI=1S/C18H27NO4/c1-18(2,3)23-17(21)19-11-7-10-16(20)15(19)13-22-12-14-8-5-4-6-9-14/h4-6,8-9,15-16,20H,7,10-13H2,1-3H3/t15-,16+/m1/s1. The second-order valence-electron chi connectivity index (χ2n) is 6.95. The van der Waals surface area contributed by atoms with Crippen LogP contribution in [0.25, 0.3) is 0 Å². The molecule has 1 aromatic rings. The Bertz CT molecular complexity index is 497. The van der Waals surface area contributed by atoms with Crippen LogP contribution in [0.1, 0.15) is 39.2 Å². The minimum atomic E-state index is -0.577. The molecule has 2 rings (SSSR count). The zero-order valence-corrected chi connectivity index (χ0v) is 14.2.